The Labute approximate surface area is 122 Å². The molecule has 0 saturated heterocycles. The first-order valence-corrected chi connectivity index (χ1v) is 6.40. The third-order valence-corrected chi connectivity index (χ3v) is 3.05. The quantitative estimate of drug-likeness (QED) is 0.535. The lowest BCUT2D eigenvalue weighted by Crippen LogP contribution is -2.20. The second kappa shape index (κ2) is 4.94. The molecule has 0 bridgehead atoms. The van der Waals surface area contributed by atoms with Gasteiger partial charge in [0.1, 0.15) is 4.99 Å². The molecule has 2 heterocycles. The van der Waals surface area contributed by atoms with Gasteiger partial charge in [-0.1, -0.05) is 24.4 Å². The van der Waals surface area contributed by atoms with Crippen molar-refractivity contribution in [2.24, 2.45) is 0 Å². The monoisotopic (exact) mass is 304 g/mol. The van der Waals surface area contributed by atoms with Crippen LogP contribution < -0.4 is 10.9 Å². The van der Waals surface area contributed by atoms with Gasteiger partial charge < -0.3 is 10.3 Å². The first-order chi connectivity index (χ1) is 9.63. The van der Waals surface area contributed by atoms with Gasteiger partial charge in [-0.05, 0) is 24.4 Å². The van der Waals surface area contributed by atoms with Crippen LogP contribution in [0.1, 0.15) is 5.82 Å². The second-order valence-corrected chi connectivity index (χ2v) is 4.70. The third kappa shape index (κ3) is 2.36. The van der Waals surface area contributed by atoms with Crippen molar-refractivity contribution in [3.05, 3.63) is 45.2 Å². The molecule has 100 valence electrons. The van der Waals surface area contributed by atoms with Crippen LogP contribution in [0.15, 0.2) is 29.1 Å². The molecular weight excluding hydrogens is 296 g/mol. The number of anilines is 1. The number of fused-ring (bicyclic) bond motifs is 1. The summed E-state index contributed by atoms with van der Waals surface area (Å²) in [6.07, 6.45) is 0. The highest BCUT2D eigenvalue weighted by Crippen LogP contribution is 2.07. The Bertz CT molecular complexity index is 909. The molecule has 3 rings (SSSR count). The van der Waals surface area contributed by atoms with Gasteiger partial charge in [-0.25, -0.2) is 4.98 Å². The molecule has 2 aromatic heterocycles. The molecule has 7 nitrogen and oxygen atoms in total. The van der Waals surface area contributed by atoms with Gasteiger partial charge in [0.2, 0.25) is 10.7 Å². The van der Waals surface area contributed by atoms with E-state index in [1.165, 1.54) is 0 Å². The molecule has 0 aliphatic carbocycles. The second-order valence-electron chi connectivity index (χ2n) is 3.90. The lowest BCUT2D eigenvalue weighted by atomic mass is 10.2. The van der Waals surface area contributed by atoms with Crippen LogP contribution in [0.5, 0.6) is 0 Å². The summed E-state index contributed by atoms with van der Waals surface area (Å²) >= 11 is 10.0. The van der Waals surface area contributed by atoms with Gasteiger partial charge in [0.25, 0.3) is 5.56 Å². The van der Waals surface area contributed by atoms with E-state index in [1.807, 2.05) is 0 Å². The zero-order chi connectivity index (χ0) is 14.1. The topological polar surface area (TPSA) is 102 Å². The van der Waals surface area contributed by atoms with Gasteiger partial charge in [0, 0.05) is 0 Å². The first kappa shape index (κ1) is 12.6. The van der Waals surface area contributed by atoms with E-state index in [0.717, 1.165) is 0 Å². The summed E-state index contributed by atoms with van der Waals surface area (Å²) < 4.78 is 0.301. The minimum Gasteiger partial charge on any atom is -0.312 e. The summed E-state index contributed by atoms with van der Waals surface area (Å²) in [6, 6.07) is 7.03. The number of aromatic nitrogens is 5. The summed E-state index contributed by atoms with van der Waals surface area (Å²) in [7, 11) is 0. The highest BCUT2D eigenvalue weighted by molar-refractivity contribution is 7.81. The summed E-state index contributed by atoms with van der Waals surface area (Å²) in [5, 5.41) is 8.65. The van der Waals surface area contributed by atoms with Gasteiger partial charge in [0.15, 0.2) is 5.82 Å². The number of thiocarbonyl (C=S) groups is 1. The van der Waals surface area contributed by atoms with E-state index in [2.05, 4.69) is 30.5 Å². The molecule has 20 heavy (non-hydrogen) atoms. The molecule has 0 saturated carbocycles. The number of hydrogen-bond donors (Lipinski definition) is 4. The van der Waals surface area contributed by atoms with Gasteiger partial charge in [-0.15, -0.1) is 0 Å². The van der Waals surface area contributed by atoms with Crippen molar-refractivity contribution in [1.29, 1.82) is 0 Å². The zero-order valence-corrected chi connectivity index (χ0v) is 11.6. The molecule has 0 radical (unpaired) electrons. The maximum Gasteiger partial charge on any atom is 0.259 e. The Morgan fingerprint density at radius 1 is 1.20 bits per heavy atom. The molecule has 0 fully saturated rings. The van der Waals surface area contributed by atoms with E-state index in [-0.39, 0.29) is 16.4 Å². The highest BCUT2D eigenvalue weighted by atomic mass is 32.1. The molecule has 4 N–H and O–H groups in total. The van der Waals surface area contributed by atoms with Crippen LogP contribution in [0, 0.1) is 4.77 Å². The van der Waals surface area contributed by atoms with Gasteiger partial charge >= 0.3 is 0 Å². The van der Waals surface area contributed by atoms with E-state index >= 15 is 0 Å². The number of nitrogens with zero attached hydrogens (tertiary/aromatic N) is 2. The predicted molar refractivity (Wildman–Crippen MR) is 81.5 cm³/mol. The number of hydrogen-bond acceptors (Lipinski definition) is 5. The fourth-order valence-corrected chi connectivity index (χ4v) is 2.03. The Morgan fingerprint density at radius 3 is 2.75 bits per heavy atom. The Morgan fingerprint density at radius 2 is 2.00 bits per heavy atom. The van der Waals surface area contributed by atoms with Crippen LogP contribution in [0.2, 0.25) is 0 Å². The zero-order valence-electron chi connectivity index (χ0n) is 9.93. The average Bonchev–Trinajstić information content (AvgIpc) is 2.84. The predicted octanol–water partition coefficient (Wildman–Crippen LogP) is 1.49. The van der Waals surface area contributed by atoms with E-state index in [4.69, 9.17) is 24.4 Å². The fourth-order valence-electron chi connectivity index (χ4n) is 1.69. The fraction of sp³-hybridized carbons (Fsp3) is 0. The number of para-hydroxylation sites is 1. The lowest BCUT2D eigenvalue weighted by molar-refractivity contribution is 1.08. The first-order valence-electron chi connectivity index (χ1n) is 5.58. The van der Waals surface area contributed by atoms with Crippen molar-refractivity contribution in [3.63, 3.8) is 0 Å². The van der Waals surface area contributed by atoms with Gasteiger partial charge in [0.05, 0.1) is 10.9 Å². The van der Waals surface area contributed by atoms with Crippen molar-refractivity contribution < 1.29 is 0 Å². The van der Waals surface area contributed by atoms with E-state index in [1.54, 1.807) is 24.3 Å². The summed E-state index contributed by atoms with van der Waals surface area (Å²) in [4.78, 5) is 23.0. The SMILES string of the molecule is O=c1[nH]c(C(=S)Nc2nc(=S)[nH][nH]2)nc2ccccc12. The molecule has 0 atom stereocenters. The molecule has 0 aliphatic rings. The number of nitrogens with one attached hydrogen (secondary N) is 4. The van der Waals surface area contributed by atoms with Crippen LogP contribution in [0.25, 0.3) is 10.9 Å². The average molecular weight is 304 g/mol. The Kier molecular flexibility index (Phi) is 3.12. The number of benzene rings is 1. The third-order valence-electron chi connectivity index (χ3n) is 2.56. The maximum atomic E-state index is 11.9. The molecule has 9 heteroatoms. The van der Waals surface area contributed by atoms with E-state index < -0.39 is 0 Å². The Hall–Kier alpha value is -2.39. The molecule has 3 aromatic rings. The van der Waals surface area contributed by atoms with E-state index in [9.17, 15) is 4.79 Å². The number of aromatic amines is 3. The van der Waals surface area contributed by atoms with Crippen molar-refractivity contribution in [1.82, 2.24) is 25.1 Å². The van der Waals surface area contributed by atoms with Crippen molar-refractivity contribution in [2.75, 3.05) is 5.32 Å². The number of rotatable bonds is 2. The normalized spacial score (nSPS) is 10.6. The summed E-state index contributed by atoms with van der Waals surface area (Å²) in [5.74, 6) is 0.627. The number of H-pyrrole nitrogens is 3. The van der Waals surface area contributed by atoms with Crippen molar-refractivity contribution >= 4 is 46.3 Å². The molecule has 1 aromatic carbocycles. The van der Waals surface area contributed by atoms with Crippen LogP contribution in [0.4, 0.5) is 5.95 Å². The lowest BCUT2D eigenvalue weighted by Gasteiger charge is -2.05. The summed E-state index contributed by atoms with van der Waals surface area (Å²) in [6.45, 7) is 0. The van der Waals surface area contributed by atoms with Crippen LogP contribution in [-0.4, -0.2) is 30.1 Å². The van der Waals surface area contributed by atoms with Crippen LogP contribution in [0.3, 0.4) is 0 Å². The standard InChI is InChI=1S/C11H8N6OS2/c18-8-5-3-1-2-4-6(5)12-7(13-8)9(19)14-10-15-11(20)17-16-10/h1-4H,(H,12,13,18)(H3,14,15,16,17,19,20). The highest BCUT2D eigenvalue weighted by Gasteiger charge is 2.09. The molecule has 0 spiro atoms. The molecule has 0 unspecified atom stereocenters. The minimum absolute atomic E-state index is 0.241. The van der Waals surface area contributed by atoms with Crippen molar-refractivity contribution in [3.8, 4) is 0 Å². The van der Waals surface area contributed by atoms with E-state index in [0.29, 0.717) is 21.6 Å². The van der Waals surface area contributed by atoms with Gasteiger partial charge in [-0.2, -0.15) is 4.98 Å². The van der Waals surface area contributed by atoms with Crippen molar-refractivity contribution in [2.45, 2.75) is 0 Å². The van der Waals surface area contributed by atoms with Gasteiger partial charge in [-0.3, -0.25) is 15.0 Å². The molecule has 0 aliphatic heterocycles. The molecular formula is C11H8N6OS2. The van der Waals surface area contributed by atoms with Crippen LogP contribution in [-0.2, 0) is 0 Å². The minimum atomic E-state index is -0.246. The molecule has 0 amide bonds. The smallest absolute Gasteiger partial charge is 0.259 e. The largest absolute Gasteiger partial charge is 0.312 e. The Balaban J connectivity index is 1.99. The maximum absolute atomic E-state index is 11.9. The van der Waals surface area contributed by atoms with Crippen LogP contribution >= 0.6 is 24.4 Å². The summed E-state index contributed by atoms with van der Waals surface area (Å²) in [5.41, 5.74) is 0.329.